The number of fused-ring (bicyclic) bond motifs is 1. The second kappa shape index (κ2) is 7.13. The topological polar surface area (TPSA) is 59.1 Å². The zero-order valence-electron chi connectivity index (χ0n) is 13.4. The Morgan fingerprint density at radius 2 is 1.88 bits per heavy atom. The molecule has 0 atom stereocenters. The number of thioether (sulfide) groups is 1. The standard InChI is InChI=1S/C17H18N2O2S3/c1-3-12-5-7-13(8-6-12)19-24(20,21)14-9-10-15-16(11-14)23-17(18-15)22-4-2/h5-11,19H,3-4H2,1-2H3. The van der Waals surface area contributed by atoms with E-state index in [2.05, 4.69) is 23.6 Å². The van der Waals surface area contributed by atoms with Crippen LogP contribution in [0.5, 0.6) is 0 Å². The Bertz CT molecular complexity index is 948. The van der Waals surface area contributed by atoms with Gasteiger partial charge in [-0.05, 0) is 48.1 Å². The van der Waals surface area contributed by atoms with Gasteiger partial charge in [-0.15, -0.1) is 11.3 Å². The van der Waals surface area contributed by atoms with Crippen LogP contribution >= 0.6 is 23.1 Å². The molecule has 126 valence electrons. The molecule has 0 amide bonds. The number of aryl methyl sites for hydroxylation is 1. The first-order valence-electron chi connectivity index (χ1n) is 7.67. The lowest BCUT2D eigenvalue weighted by Gasteiger charge is -2.08. The van der Waals surface area contributed by atoms with Crippen LogP contribution in [0.1, 0.15) is 19.4 Å². The maximum Gasteiger partial charge on any atom is 0.261 e. The predicted octanol–water partition coefficient (Wildman–Crippen LogP) is 4.77. The first-order chi connectivity index (χ1) is 11.5. The van der Waals surface area contributed by atoms with Gasteiger partial charge in [0.2, 0.25) is 0 Å². The van der Waals surface area contributed by atoms with Gasteiger partial charge in [-0.1, -0.05) is 37.7 Å². The fourth-order valence-corrected chi connectivity index (χ4v) is 5.42. The minimum absolute atomic E-state index is 0.256. The quantitative estimate of drug-likeness (QED) is 0.628. The maximum absolute atomic E-state index is 12.6. The molecule has 0 unspecified atom stereocenters. The summed E-state index contributed by atoms with van der Waals surface area (Å²) in [5.41, 5.74) is 2.58. The number of hydrogen-bond donors (Lipinski definition) is 1. The van der Waals surface area contributed by atoms with E-state index in [9.17, 15) is 8.42 Å². The number of aromatic nitrogens is 1. The molecule has 0 spiro atoms. The van der Waals surface area contributed by atoms with Crippen LogP contribution in [0.4, 0.5) is 5.69 Å². The molecular weight excluding hydrogens is 360 g/mol. The number of nitrogens with zero attached hydrogens (tertiary/aromatic N) is 1. The summed E-state index contributed by atoms with van der Waals surface area (Å²) < 4.78 is 29.7. The number of sulfonamides is 1. The average Bonchev–Trinajstić information content (AvgIpc) is 2.97. The van der Waals surface area contributed by atoms with Crippen molar-refractivity contribution in [2.45, 2.75) is 29.5 Å². The molecule has 0 bridgehead atoms. The van der Waals surface area contributed by atoms with Gasteiger partial charge >= 0.3 is 0 Å². The lowest BCUT2D eigenvalue weighted by Crippen LogP contribution is -2.12. The van der Waals surface area contributed by atoms with Crippen LogP contribution in [-0.2, 0) is 16.4 Å². The van der Waals surface area contributed by atoms with Crippen molar-refractivity contribution in [3.8, 4) is 0 Å². The van der Waals surface area contributed by atoms with Crippen molar-refractivity contribution >= 4 is 49.0 Å². The molecule has 0 saturated carbocycles. The van der Waals surface area contributed by atoms with Crippen LogP contribution in [-0.4, -0.2) is 19.2 Å². The molecule has 1 N–H and O–H groups in total. The van der Waals surface area contributed by atoms with Gasteiger partial charge < -0.3 is 0 Å². The number of rotatable bonds is 6. The monoisotopic (exact) mass is 378 g/mol. The predicted molar refractivity (Wildman–Crippen MR) is 103 cm³/mol. The van der Waals surface area contributed by atoms with Gasteiger partial charge in [-0.25, -0.2) is 13.4 Å². The Labute approximate surface area is 150 Å². The van der Waals surface area contributed by atoms with Crippen molar-refractivity contribution in [2.24, 2.45) is 0 Å². The number of thiazole rings is 1. The van der Waals surface area contributed by atoms with Gasteiger partial charge in [0.05, 0.1) is 15.1 Å². The second-order valence-corrected chi connectivity index (χ2v) is 9.42. The Balaban J connectivity index is 1.88. The molecule has 2 aromatic carbocycles. The molecule has 0 aliphatic rings. The van der Waals surface area contributed by atoms with E-state index in [1.165, 1.54) is 16.9 Å². The largest absolute Gasteiger partial charge is 0.280 e. The molecule has 0 saturated heterocycles. The minimum atomic E-state index is -3.61. The summed E-state index contributed by atoms with van der Waals surface area (Å²) in [4.78, 5) is 4.75. The second-order valence-electron chi connectivity index (χ2n) is 5.20. The summed E-state index contributed by atoms with van der Waals surface area (Å²) in [5.74, 6) is 0.945. The summed E-state index contributed by atoms with van der Waals surface area (Å²) in [7, 11) is -3.61. The van der Waals surface area contributed by atoms with Crippen LogP contribution in [0.2, 0.25) is 0 Å². The molecule has 4 nitrogen and oxygen atoms in total. The fourth-order valence-electron chi connectivity index (χ4n) is 2.26. The van der Waals surface area contributed by atoms with Crippen molar-refractivity contribution in [1.82, 2.24) is 4.98 Å². The SMILES string of the molecule is CCSc1nc2ccc(S(=O)(=O)Nc3ccc(CC)cc3)cc2s1. The maximum atomic E-state index is 12.6. The fraction of sp³-hybridized carbons (Fsp3) is 0.235. The molecule has 0 aliphatic carbocycles. The highest BCUT2D eigenvalue weighted by molar-refractivity contribution is 8.01. The molecule has 7 heteroatoms. The Morgan fingerprint density at radius 1 is 1.12 bits per heavy atom. The summed E-state index contributed by atoms with van der Waals surface area (Å²) >= 11 is 3.19. The van der Waals surface area contributed by atoms with E-state index >= 15 is 0 Å². The molecule has 0 fully saturated rings. The first-order valence-corrected chi connectivity index (χ1v) is 11.0. The van der Waals surface area contributed by atoms with Gasteiger partial charge in [-0.3, -0.25) is 4.72 Å². The number of nitrogens with one attached hydrogen (secondary N) is 1. The van der Waals surface area contributed by atoms with E-state index < -0.39 is 10.0 Å². The van der Waals surface area contributed by atoms with E-state index in [1.54, 1.807) is 42.1 Å². The third-order valence-corrected chi connectivity index (χ3v) is 6.96. The average molecular weight is 379 g/mol. The summed E-state index contributed by atoms with van der Waals surface area (Å²) in [5, 5.41) is 0. The zero-order chi connectivity index (χ0) is 17.2. The first kappa shape index (κ1) is 17.3. The third-order valence-electron chi connectivity index (χ3n) is 3.53. The Hall–Kier alpha value is -1.57. The van der Waals surface area contributed by atoms with Crippen LogP contribution in [0.15, 0.2) is 51.7 Å². The minimum Gasteiger partial charge on any atom is -0.280 e. The van der Waals surface area contributed by atoms with Gasteiger partial charge in [0, 0.05) is 5.69 Å². The highest BCUT2D eigenvalue weighted by atomic mass is 32.2. The molecule has 3 rings (SSSR count). The highest BCUT2D eigenvalue weighted by Gasteiger charge is 2.16. The van der Waals surface area contributed by atoms with E-state index in [0.717, 1.165) is 26.7 Å². The molecule has 1 aromatic heterocycles. The number of benzene rings is 2. The van der Waals surface area contributed by atoms with Crippen LogP contribution in [0, 0.1) is 0 Å². The van der Waals surface area contributed by atoms with Gasteiger partial charge in [-0.2, -0.15) is 0 Å². The van der Waals surface area contributed by atoms with E-state index in [1.807, 2.05) is 12.1 Å². The third kappa shape index (κ3) is 3.74. The molecule has 3 aromatic rings. The molecular formula is C17H18N2O2S3. The van der Waals surface area contributed by atoms with Crippen LogP contribution < -0.4 is 4.72 Å². The lowest BCUT2D eigenvalue weighted by molar-refractivity contribution is 0.601. The number of hydrogen-bond acceptors (Lipinski definition) is 5. The lowest BCUT2D eigenvalue weighted by atomic mass is 10.2. The van der Waals surface area contributed by atoms with Gasteiger partial charge in [0.15, 0.2) is 4.34 Å². The van der Waals surface area contributed by atoms with Crippen molar-refractivity contribution in [3.05, 3.63) is 48.0 Å². The van der Waals surface area contributed by atoms with Gasteiger partial charge in [0.25, 0.3) is 10.0 Å². The molecule has 0 radical (unpaired) electrons. The Morgan fingerprint density at radius 3 is 2.54 bits per heavy atom. The van der Waals surface area contributed by atoms with Crippen LogP contribution in [0.3, 0.4) is 0 Å². The van der Waals surface area contributed by atoms with Crippen LogP contribution in [0.25, 0.3) is 10.2 Å². The summed E-state index contributed by atoms with van der Waals surface area (Å²) in [6.07, 6.45) is 0.924. The van der Waals surface area contributed by atoms with E-state index in [0.29, 0.717) is 5.69 Å². The smallest absolute Gasteiger partial charge is 0.261 e. The molecule has 24 heavy (non-hydrogen) atoms. The molecule has 1 heterocycles. The number of anilines is 1. The van der Waals surface area contributed by atoms with E-state index in [4.69, 9.17) is 0 Å². The zero-order valence-corrected chi connectivity index (χ0v) is 15.9. The highest BCUT2D eigenvalue weighted by Crippen LogP contribution is 2.31. The van der Waals surface area contributed by atoms with Crippen molar-refractivity contribution in [2.75, 3.05) is 10.5 Å². The summed E-state index contributed by atoms with van der Waals surface area (Å²) in [6.45, 7) is 4.13. The van der Waals surface area contributed by atoms with E-state index in [-0.39, 0.29) is 4.90 Å². The summed E-state index contributed by atoms with van der Waals surface area (Å²) in [6, 6.07) is 12.5. The molecule has 0 aliphatic heterocycles. The normalized spacial score (nSPS) is 11.8. The van der Waals surface area contributed by atoms with Crippen molar-refractivity contribution in [3.63, 3.8) is 0 Å². The van der Waals surface area contributed by atoms with Gasteiger partial charge in [0.1, 0.15) is 0 Å². The Kier molecular flexibility index (Phi) is 5.12. The van der Waals surface area contributed by atoms with Crippen molar-refractivity contribution < 1.29 is 8.42 Å². The van der Waals surface area contributed by atoms with Crippen molar-refractivity contribution in [1.29, 1.82) is 0 Å².